The molecule has 1 fully saturated rings. The number of aromatic nitrogens is 1. The van der Waals surface area contributed by atoms with Gasteiger partial charge in [-0.2, -0.15) is 0 Å². The van der Waals surface area contributed by atoms with Crippen LogP contribution < -0.4 is 5.32 Å². The average Bonchev–Trinajstić information content (AvgIpc) is 2.98. The van der Waals surface area contributed by atoms with E-state index >= 15 is 0 Å². The second kappa shape index (κ2) is 6.78. The number of ether oxygens (including phenoxy) is 1. The van der Waals surface area contributed by atoms with E-state index in [-0.39, 0.29) is 11.9 Å². The third-order valence-corrected chi connectivity index (χ3v) is 4.51. The molecule has 21 heavy (non-hydrogen) atoms. The Morgan fingerprint density at radius 3 is 2.81 bits per heavy atom. The zero-order valence-electron chi connectivity index (χ0n) is 12.9. The predicted molar refractivity (Wildman–Crippen MR) is 79.8 cm³/mol. The molecule has 116 valence electrons. The van der Waals surface area contributed by atoms with Gasteiger partial charge < -0.3 is 15.0 Å². The molecule has 0 saturated heterocycles. The maximum Gasteiger partial charge on any atom is 0.355 e. The lowest BCUT2D eigenvalue weighted by Crippen LogP contribution is -2.47. The summed E-state index contributed by atoms with van der Waals surface area (Å²) < 4.78 is 5.18. The van der Waals surface area contributed by atoms with Crippen LogP contribution in [0.1, 0.15) is 50.5 Å². The van der Waals surface area contributed by atoms with Crippen LogP contribution in [0, 0.1) is 11.8 Å². The summed E-state index contributed by atoms with van der Waals surface area (Å²) >= 11 is 0. The minimum absolute atomic E-state index is 0.174. The van der Waals surface area contributed by atoms with Crippen molar-refractivity contribution in [1.82, 2.24) is 10.3 Å². The van der Waals surface area contributed by atoms with E-state index in [4.69, 9.17) is 4.74 Å². The van der Waals surface area contributed by atoms with Crippen LogP contribution in [0.25, 0.3) is 0 Å². The SMILES string of the molecule is C[C@H]1[C@@H](NC(=O)[C@@H](C)OC(=O)c2ccc[nH]2)CCC[C@@H]1C. The molecule has 1 aromatic rings. The lowest BCUT2D eigenvalue weighted by molar-refractivity contribution is -0.130. The monoisotopic (exact) mass is 292 g/mol. The van der Waals surface area contributed by atoms with Crippen LogP contribution in [-0.2, 0) is 9.53 Å². The van der Waals surface area contributed by atoms with Crippen molar-refractivity contribution in [2.24, 2.45) is 11.8 Å². The van der Waals surface area contributed by atoms with Crippen molar-refractivity contribution in [2.45, 2.75) is 52.2 Å². The number of carbonyl (C=O) groups excluding carboxylic acids is 2. The van der Waals surface area contributed by atoms with Gasteiger partial charge in [0.15, 0.2) is 6.10 Å². The number of carbonyl (C=O) groups is 2. The Labute approximate surface area is 125 Å². The average molecular weight is 292 g/mol. The summed E-state index contributed by atoms with van der Waals surface area (Å²) in [6.07, 6.45) is 4.20. The van der Waals surface area contributed by atoms with E-state index in [2.05, 4.69) is 24.1 Å². The molecule has 5 nitrogen and oxygen atoms in total. The molecule has 0 unspecified atom stereocenters. The molecule has 1 aliphatic carbocycles. The fourth-order valence-electron chi connectivity index (χ4n) is 2.82. The van der Waals surface area contributed by atoms with Crippen LogP contribution in [-0.4, -0.2) is 29.0 Å². The number of esters is 1. The van der Waals surface area contributed by atoms with Gasteiger partial charge in [0, 0.05) is 12.2 Å². The Morgan fingerprint density at radius 2 is 2.14 bits per heavy atom. The Morgan fingerprint density at radius 1 is 1.38 bits per heavy atom. The molecule has 0 bridgehead atoms. The maximum absolute atomic E-state index is 12.2. The first-order valence-electron chi connectivity index (χ1n) is 7.63. The fourth-order valence-corrected chi connectivity index (χ4v) is 2.82. The first kappa shape index (κ1) is 15.6. The van der Waals surface area contributed by atoms with Crippen molar-refractivity contribution < 1.29 is 14.3 Å². The van der Waals surface area contributed by atoms with E-state index in [1.807, 2.05) is 0 Å². The van der Waals surface area contributed by atoms with Crippen molar-refractivity contribution in [3.8, 4) is 0 Å². The van der Waals surface area contributed by atoms with E-state index in [9.17, 15) is 9.59 Å². The number of amides is 1. The second-order valence-electron chi connectivity index (χ2n) is 6.01. The number of hydrogen-bond donors (Lipinski definition) is 2. The van der Waals surface area contributed by atoms with Gasteiger partial charge in [0.25, 0.3) is 5.91 Å². The molecule has 0 spiro atoms. The number of aromatic amines is 1. The molecule has 0 aliphatic heterocycles. The third kappa shape index (κ3) is 3.86. The lowest BCUT2D eigenvalue weighted by Gasteiger charge is -2.35. The van der Waals surface area contributed by atoms with Crippen molar-refractivity contribution in [1.29, 1.82) is 0 Å². The molecule has 1 amide bonds. The smallest absolute Gasteiger partial charge is 0.355 e. The molecular weight excluding hydrogens is 268 g/mol. The molecule has 0 aromatic carbocycles. The van der Waals surface area contributed by atoms with E-state index < -0.39 is 12.1 Å². The Kier molecular flexibility index (Phi) is 5.04. The van der Waals surface area contributed by atoms with E-state index in [1.54, 1.807) is 25.3 Å². The van der Waals surface area contributed by atoms with Gasteiger partial charge in [-0.05, 0) is 37.3 Å². The first-order valence-corrected chi connectivity index (χ1v) is 7.63. The number of nitrogens with one attached hydrogen (secondary N) is 2. The van der Waals surface area contributed by atoms with Crippen molar-refractivity contribution in [2.75, 3.05) is 0 Å². The molecular formula is C16H24N2O3. The highest BCUT2D eigenvalue weighted by Crippen LogP contribution is 2.29. The van der Waals surface area contributed by atoms with Crippen LogP contribution in [0.2, 0.25) is 0 Å². The molecule has 0 radical (unpaired) electrons. The van der Waals surface area contributed by atoms with Gasteiger partial charge in [-0.15, -0.1) is 0 Å². The summed E-state index contributed by atoms with van der Waals surface area (Å²) in [5.41, 5.74) is 0.356. The second-order valence-corrected chi connectivity index (χ2v) is 6.01. The zero-order chi connectivity index (χ0) is 15.4. The predicted octanol–water partition coefficient (Wildman–Crippen LogP) is 2.50. The van der Waals surface area contributed by atoms with Crippen LogP contribution in [0.15, 0.2) is 18.3 Å². The quantitative estimate of drug-likeness (QED) is 0.838. The third-order valence-electron chi connectivity index (χ3n) is 4.51. The summed E-state index contributed by atoms with van der Waals surface area (Å²) in [5.74, 6) is 0.336. The molecule has 1 saturated carbocycles. The summed E-state index contributed by atoms with van der Waals surface area (Å²) in [6.45, 7) is 6.00. The largest absolute Gasteiger partial charge is 0.448 e. The van der Waals surface area contributed by atoms with Gasteiger partial charge in [-0.3, -0.25) is 4.79 Å². The van der Waals surface area contributed by atoms with Crippen molar-refractivity contribution >= 4 is 11.9 Å². The van der Waals surface area contributed by atoms with Gasteiger partial charge in [0.2, 0.25) is 0 Å². The van der Waals surface area contributed by atoms with Crippen molar-refractivity contribution in [3.63, 3.8) is 0 Å². The van der Waals surface area contributed by atoms with Gasteiger partial charge >= 0.3 is 5.97 Å². The fraction of sp³-hybridized carbons (Fsp3) is 0.625. The van der Waals surface area contributed by atoms with E-state index in [0.717, 1.165) is 12.8 Å². The van der Waals surface area contributed by atoms with E-state index in [0.29, 0.717) is 17.5 Å². The molecule has 1 aliphatic rings. The van der Waals surface area contributed by atoms with Crippen LogP contribution >= 0.6 is 0 Å². The Bertz CT molecular complexity index is 484. The Hall–Kier alpha value is -1.78. The van der Waals surface area contributed by atoms with Crippen LogP contribution in [0.5, 0.6) is 0 Å². The summed E-state index contributed by atoms with van der Waals surface area (Å²) in [6, 6.07) is 3.51. The number of rotatable bonds is 4. The first-order chi connectivity index (χ1) is 9.99. The lowest BCUT2D eigenvalue weighted by atomic mass is 9.78. The number of hydrogen-bond acceptors (Lipinski definition) is 3. The maximum atomic E-state index is 12.2. The molecule has 1 aromatic heterocycles. The summed E-state index contributed by atoms with van der Waals surface area (Å²) in [4.78, 5) is 26.7. The molecule has 1 heterocycles. The van der Waals surface area contributed by atoms with E-state index in [1.165, 1.54) is 6.42 Å². The zero-order valence-corrected chi connectivity index (χ0v) is 12.9. The van der Waals surface area contributed by atoms with Gasteiger partial charge in [-0.25, -0.2) is 4.79 Å². The van der Waals surface area contributed by atoms with Crippen molar-refractivity contribution in [3.05, 3.63) is 24.0 Å². The standard InChI is InChI=1S/C16H24N2O3/c1-10-6-4-7-13(11(10)2)18-15(19)12(3)21-16(20)14-8-5-9-17-14/h5,8-13,17H,4,6-7H2,1-3H3,(H,18,19)/t10-,11+,12+,13-/m0/s1. The summed E-state index contributed by atoms with van der Waals surface area (Å²) in [7, 11) is 0. The highest BCUT2D eigenvalue weighted by Gasteiger charge is 2.30. The highest BCUT2D eigenvalue weighted by atomic mass is 16.5. The molecule has 4 atom stereocenters. The molecule has 2 N–H and O–H groups in total. The Balaban J connectivity index is 1.86. The molecule has 2 rings (SSSR count). The van der Waals surface area contributed by atoms with Gasteiger partial charge in [0.05, 0.1) is 0 Å². The molecule has 5 heteroatoms. The van der Waals surface area contributed by atoms with Crippen LogP contribution in [0.4, 0.5) is 0 Å². The summed E-state index contributed by atoms with van der Waals surface area (Å²) in [5, 5.41) is 3.02. The normalized spacial score (nSPS) is 26.9. The minimum Gasteiger partial charge on any atom is -0.448 e. The van der Waals surface area contributed by atoms with Gasteiger partial charge in [-0.1, -0.05) is 26.7 Å². The number of H-pyrrole nitrogens is 1. The minimum atomic E-state index is -0.787. The highest BCUT2D eigenvalue weighted by molar-refractivity contribution is 5.90. The topological polar surface area (TPSA) is 71.2 Å². The van der Waals surface area contributed by atoms with Crippen LogP contribution in [0.3, 0.4) is 0 Å². The van der Waals surface area contributed by atoms with Gasteiger partial charge in [0.1, 0.15) is 5.69 Å².